The molecule has 0 aliphatic carbocycles. The minimum absolute atomic E-state index is 0.337. The van der Waals surface area contributed by atoms with E-state index in [-0.39, 0.29) is 0 Å². The monoisotopic (exact) mass is 340 g/mol. The van der Waals surface area contributed by atoms with E-state index in [1.165, 1.54) is 11.3 Å². The van der Waals surface area contributed by atoms with Crippen molar-refractivity contribution in [3.8, 4) is 11.5 Å². The van der Waals surface area contributed by atoms with Crippen LogP contribution in [0.5, 0.6) is 11.5 Å². The van der Waals surface area contributed by atoms with Gasteiger partial charge in [0, 0.05) is 32.2 Å². The molecule has 1 unspecified atom stereocenters. The Morgan fingerprint density at radius 1 is 1.00 bits per heavy atom. The summed E-state index contributed by atoms with van der Waals surface area (Å²) < 4.78 is 5.50. The molecular formula is C21H28N2O2. The summed E-state index contributed by atoms with van der Waals surface area (Å²) in [6.45, 7) is 6.54. The number of para-hydroxylation sites is 2. The lowest BCUT2D eigenvalue weighted by atomic mass is 10.0. The summed E-state index contributed by atoms with van der Waals surface area (Å²) >= 11 is 0. The zero-order valence-corrected chi connectivity index (χ0v) is 15.2. The molecule has 1 N–H and O–H groups in total. The number of nitrogens with zero attached hydrogens (tertiary/aromatic N) is 2. The standard InChI is InChI=1S/C21H28N2O2/c1-17(7-8-18-9-11-19(24)12-10-18)22-13-15-23(16-14-22)20-5-3-4-6-21(20)25-2/h3-6,9-12,17,24H,7-8,13-16H2,1-2H3. The van der Waals surface area contributed by atoms with Crippen LogP contribution in [0.4, 0.5) is 5.69 Å². The SMILES string of the molecule is COc1ccccc1N1CCN(C(C)CCc2ccc(O)cc2)CC1. The van der Waals surface area contributed by atoms with Crippen LogP contribution in [0.1, 0.15) is 18.9 Å². The first-order valence-corrected chi connectivity index (χ1v) is 9.07. The van der Waals surface area contributed by atoms with Crippen molar-refractivity contribution < 1.29 is 9.84 Å². The zero-order chi connectivity index (χ0) is 17.6. The van der Waals surface area contributed by atoms with Gasteiger partial charge in [-0.05, 0) is 49.6 Å². The van der Waals surface area contributed by atoms with E-state index >= 15 is 0 Å². The van der Waals surface area contributed by atoms with Gasteiger partial charge in [0.2, 0.25) is 0 Å². The molecule has 25 heavy (non-hydrogen) atoms. The molecule has 0 spiro atoms. The summed E-state index contributed by atoms with van der Waals surface area (Å²) in [5.41, 5.74) is 2.48. The molecule has 0 saturated carbocycles. The Balaban J connectivity index is 1.50. The van der Waals surface area contributed by atoms with Crippen LogP contribution in [-0.4, -0.2) is 49.3 Å². The number of ether oxygens (including phenoxy) is 1. The molecule has 1 saturated heterocycles. The smallest absolute Gasteiger partial charge is 0.142 e. The molecule has 4 nitrogen and oxygen atoms in total. The molecule has 1 atom stereocenters. The van der Waals surface area contributed by atoms with Crippen molar-refractivity contribution in [3.63, 3.8) is 0 Å². The number of methoxy groups -OCH3 is 1. The van der Waals surface area contributed by atoms with Crippen LogP contribution < -0.4 is 9.64 Å². The van der Waals surface area contributed by atoms with Crippen LogP contribution in [0.25, 0.3) is 0 Å². The second-order valence-electron chi connectivity index (χ2n) is 6.75. The molecule has 3 rings (SSSR count). The summed E-state index contributed by atoms with van der Waals surface area (Å²) in [6.07, 6.45) is 2.19. The average molecular weight is 340 g/mol. The molecule has 1 aliphatic rings. The Morgan fingerprint density at radius 2 is 1.68 bits per heavy atom. The van der Waals surface area contributed by atoms with Crippen LogP contribution >= 0.6 is 0 Å². The van der Waals surface area contributed by atoms with E-state index in [1.54, 1.807) is 19.2 Å². The highest BCUT2D eigenvalue weighted by Gasteiger charge is 2.22. The normalized spacial score (nSPS) is 16.6. The highest BCUT2D eigenvalue weighted by atomic mass is 16.5. The second-order valence-corrected chi connectivity index (χ2v) is 6.75. The van der Waals surface area contributed by atoms with Gasteiger partial charge in [-0.2, -0.15) is 0 Å². The lowest BCUT2D eigenvalue weighted by Crippen LogP contribution is -2.49. The Morgan fingerprint density at radius 3 is 2.36 bits per heavy atom. The van der Waals surface area contributed by atoms with Crippen molar-refractivity contribution >= 4 is 5.69 Å². The predicted octanol–water partition coefficient (Wildman–Crippen LogP) is 3.54. The molecule has 1 heterocycles. The van der Waals surface area contributed by atoms with Gasteiger partial charge in [0.15, 0.2) is 0 Å². The van der Waals surface area contributed by atoms with Crippen LogP contribution in [-0.2, 0) is 6.42 Å². The van der Waals surface area contributed by atoms with E-state index in [1.807, 2.05) is 24.3 Å². The minimum atomic E-state index is 0.337. The third kappa shape index (κ3) is 4.45. The van der Waals surface area contributed by atoms with Gasteiger partial charge in [-0.3, -0.25) is 4.90 Å². The molecule has 0 bridgehead atoms. The fourth-order valence-corrected chi connectivity index (χ4v) is 3.52. The number of phenolic OH excluding ortho intramolecular Hbond substituents is 1. The first kappa shape index (κ1) is 17.6. The molecule has 0 amide bonds. The number of hydrogen-bond donors (Lipinski definition) is 1. The zero-order valence-electron chi connectivity index (χ0n) is 15.2. The van der Waals surface area contributed by atoms with Gasteiger partial charge >= 0.3 is 0 Å². The number of anilines is 1. The van der Waals surface area contributed by atoms with E-state index < -0.39 is 0 Å². The lowest BCUT2D eigenvalue weighted by molar-refractivity contribution is 0.188. The first-order chi connectivity index (χ1) is 12.2. The number of rotatable bonds is 6. The number of aryl methyl sites for hydroxylation is 1. The number of aromatic hydroxyl groups is 1. The molecule has 1 fully saturated rings. The van der Waals surface area contributed by atoms with Crippen molar-refractivity contribution in [1.29, 1.82) is 0 Å². The Labute approximate surface area is 150 Å². The molecule has 0 aromatic heterocycles. The van der Waals surface area contributed by atoms with Crippen LogP contribution in [0, 0.1) is 0 Å². The van der Waals surface area contributed by atoms with E-state index in [0.29, 0.717) is 11.8 Å². The van der Waals surface area contributed by atoms with Crippen molar-refractivity contribution in [2.75, 3.05) is 38.2 Å². The highest BCUT2D eigenvalue weighted by Crippen LogP contribution is 2.28. The highest BCUT2D eigenvalue weighted by molar-refractivity contribution is 5.58. The fraction of sp³-hybridized carbons (Fsp3) is 0.429. The maximum absolute atomic E-state index is 9.37. The van der Waals surface area contributed by atoms with Gasteiger partial charge in [0.05, 0.1) is 12.8 Å². The number of benzene rings is 2. The Bertz CT molecular complexity index is 664. The third-order valence-electron chi connectivity index (χ3n) is 5.15. The van der Waals surface area contributed by atoms with Crippen molar-refractivity contribution in [2.24, 2.45) is 0 Å². The lowest BCUT2D eigenvalue weighted by Gasteiger charge is -2.39. The number of phenols is 1. The first-order valence-electron chi connectivity index (χ1n) is 9.07. The summed E-state index contributed by atoms with van der Waals surface area (Å²) in [4.78, 5) is 4.99. The predicted molar refractivity (Wildman–Crippen MR) is 103 cm³/mol. The average Bonchev–Trinajstić information content (AvgIpc) is 2.67. The molecule has 4 heteroatoms. The largest absolute Gasteiger partial charge is 0.508 e. The summed E-state index contributed by atoms with van der Waals surface area (Å²) in [7, 11) is 1.74. The summed E-state index contributed by atoms with van der Waals surface area (Å²) in [5.74, 6) is 1.29. The summed E-state index contributed by atoms with van der Waals surface area (Å²) in [6, 6.07) is 16.4. The van der Waals surface area contributed by atoms with Crippen LogP contribution in [0.3, 0.4) is 0 Å². The van der Waals surface area contributed by atoms with Gasteiger partial charge in [-0.1, -0.05) is 24.3 Å². The molecule has 134 valence electrons. The molecule has 1 aliphatic heterocycles. The van der Waals surface area contributed by atoms with Crippen LogP contribution in [0.2, 0.25) is 0 Å². The van der Waals surface area contributed by atoms with Crippen molar-refractivity contribution in [1.82, 2.24) is 4.90 Å². The van der Waals surface area contributed by atoms with Gasteiger partial charge < -0.3 is 14.7 Å². The number of piperazine rings is 1. The minimum Gasteiger partial charge on any atom is -0.508 e. The van der Waals surface area contributed by atoms with Crippen molar-refractivity contribution in [2.45, 2.75) is 25.8 Å². The Hall–Kier alpha value is -2.20. The Kier molecular flexibility index (Phi) is 5.82. The molecule has 0 radical (unpaired) electrons. The molecule has 2 aromatic carbocycles. The number of hydrogen-bond acceptors (Lipinski definition) is 4. The van der Waals surface area contributed by atoms with Crippen molar-refractivity contribution in [3.05, 3.63) is 54.1 Å². The molecule has 2 aromatic rings. The maximum Gasteiger partial charge on any atom is 0.142 e. The van der Waals surface area contributed by atoms with Gasteiger partial charge in [0.1, 0.15) is 11.5 Å². The van der Waals surface area contributed by atoms with Gasteiger partial charge in [0.25, 0.3) is 0 Å². The quantitative estimate of drug-likeness (QED) is 0.872. The maximum atomic E-state index is 9.37. The van der Waals surface area contributed by atoms with Crippen LogP contribution in [0.15, 0.2) is 48.5 Å². The van der Waals surface area contributed by atoms with E-state index in [9.17, 15) is 5.11 Å². The topological polar surface area (TPSA) is 35.9 Å². The van der Waals surface area contributed by atoms with E-state index in [4.69, 9.17) is 4.74 Å². The molecular weight excluding hydrogens is 312 g/mol. The van der Waals surface area contributed by atoms with Gasteiger partial charge in [-0.15, -0.1) is 0 Å². The second kappa shape index (κ2) is 8.26. The van der Waals surface area contributed by atoms with Gasteiger partial charge in [-0.25, -0.2) is 0 Å². The fourth-order valence-electron chi connectivity index (χ4n) is 3.52. The van der Waals surface area contributed by atoms with E-state index in [2.05, 4.69) is 28.9 Å². The van der Waals surface area contributed by atoms with E-state index in [0.717, 1.165) is 44.8 Å². The third-order valence-corrected chi connectivity index (χ3v) is 5.15. The summed E-state index contributed by atoms with van der Waals surface area (Å²) in [5, 5.41) is 9.37.